The Morgan fingerprint density at radius 1 is 0.938 bits per heavy atom. The largest absolute Gasteiger partial charge is 0.491 e. The molecule has 2 aromatic carbocycles. The first kappa shape index (κ1) is 21.9. The van der Waals surface area contributed by atoms with Crippen LogP contribution in [0.5, 0.6) is 5.75 Å². The Labute approximate surface area is 191 Å². The van der Waals surface area contributed by atoms with E-state index in [9.17, 15) is 9.50 Å². The van der Waals surface area contributed by atoms with Crippen molar-refractivity contribution in [3.63, 3.8) is 0 Å². The van der Waals surface area contributed by atoms with E-state index in [1.807, 2.05) is 12.1 Å². The summed E-state index contributed by atoms with van der Waals surface area (Å²) in [5.41, 5.74) is 2.97. The van der Waals surface area contributed by atoms with Crippen molar-refractivity contribution in [1.29, 1.82) is 0 Å². The molecule has 0 aliphatic heterocycles. The predicted molar refractivity (Wildman–Crippen MR) is 125 cm³/mol. The Hall–Kier alpha value is -1.91. The van der Waals surface area contributed by atoms with E-state index in [0.717, 1.165) is 35.6 Å². The van der Waals surface area contributed by atoms with Crippen molar-refractivity contribution in [2.24, 2.45) is 17.8 Å². The van der Waals surface area contributed by atoms with Crippen molar-refractivity contribution in [1.82, 2.24) is 0 Å². The van der Waals surface area contributed by atoms with Crippen molar-refractivity contribution in [2.75, 3.05) is 27.2 Å². The molecule has 0 aromatic heterocycles. The average molecular weight is 439 g/mol. The van der Waals surface area contributed by atoms with Gasteiger partial charge in [0.25, 0.3) is 0 Å². The fourth-order valence-corrected chi connectivity index (χ4v) is 7.33. The molecule has 0 radical (unpaired) electrons. The van der Waals surface area contributed by atoms with Crippen LogP contribution >= 0.6 is 0 Å². The predicted octanol–water partition coefficient (Wildman–Crippen LogP) is 5.31. The lowest BCUT2D eigenvalue weighted by Gasteiger charge is -2.57. The summed E-state index contributed by atoms with van der Waals surface area (Å²) in [6.07, 6.45) is 7.96. The van der Waals surface area contributed by atoms with E-state index in [-0.39, 0.29) is 12.4 Å². The van der Waals surface area contributed by atoms with Crippen LogP contribution in [0, 0.1) is 23.6 Å². The van der Waals surface area contributed by atoms with Gasteiger partial charge in [-0.2, -0.15) is 0 Å². The molecular formula is C28H37FNO2+. The summed E-state index contributed by atoms with van der Waals surface area (Å²) < 4.78 is 19.7. The van der Waals surface area contributed by atoms with Crippen LogP contribution in [-0.4, -0.2) is 42.9 Å². The Bertz CT molecular complexity index is 886. The number of rotatable bonds is 8. The van der Waals surface area contributed by atoms with E-state index in [0.29, 0.717) is 16.4 Å². The lowest BCUT2D eigenvalue weighted by Crippen LogP contribution is -2.48. The van der Waals surface area contributed by atoms with E-state index in [2.05, 4.69) is 38.4 Å². The molecule has 4 saturated carbocycles. The molecule has 4 aliphatic carbocycles. The van der Waals surface area contributed by atoms with Gasteiger partial charge in [0.1, 0.15) is 37.4 Å². The first-order valence-electron chi connectivity index (χ1n) is 12.3. The summed E-state index contributed by atoms with van der Waals surface area (Å²) in [6, 6.07) is 15.3. The molecule has 4 fully saturated rings. The molecule has 2 aromatic rings. The van der Waals surface area contributed by atoms with E-state index in [4.69, 9.17) is 4.74 Å². The number of quaternary nitrogens is 1. The fraction of sp³-hybridized carbons (Fsp3) is 0.571. The smallest absolute Gasteiger partial charge is 0.137 e. The summed E-state index contributed by atoms with van der Waals surface area (Å²) in [4.78, 5) is 0. The number of likely N-dealkylation sites (N-methyl/N-ethyl adjacent to an activating group) is 1. The van der Waals surface area contributed by atoms with E-state index in [1.54, 1.807) is 0 Å². The van der Waals surface area contributed by atoms with Gasteiger partial charge in [0.2, 0.25) is 0 Å². The number of hydrogen-bond donors (Lipinski definition) is 1. The first-order valence-corrected chi connectivity index (χ1v) is 12.3. The van der Waals surface area contributed by atoms with Crippen LogP contribution in [0.4, 0.5) is 4.39 Å². The van der Waals surface area contributed by atoms with Crippen LogP contribution < -0.4 is 4.74 Å². The summed E-state index contributed by atoms with van der Waals surface area (Å²) in [5.74, 6) is 3.46. The van der Waals surface area contributed by atoms with Crippen LogP contribution in [0.25, 0.3) is 0 Å². The maximum atomic E-state index is 13.1. The van der Waals surface area contributed by atoms with Gasteiger partial charge >= 0.3 is 0 Å². The summed E-state index contributed by atoms with van der Waals surface area (Å²) >= 11 is 0. The molecule has 4 heteroatoms. The van der Waals surface area contributed by atoms with E-state index >= 15 is 0 Å². The van der Waals surface area contributed by atoms with Crippen molar-refractivity contribution >= 4 is 0 Å². The normalized spacial score (nSPS) is 29.8. The van der Waals surface area contributed by atoms with Crippen LogP contribution in [0.3, 0.4) is 0 Å². The van der Waals surface area contributed by atoms with Crippen LogP contribution in [0.15, 0.2) is 48.5 Å². The number of aliphatic hydroxyl groups excluding tert-OH is 1. The Kier molecular flexibility index (Phi) is 5.79. The standard InChI is InChI=1S/C28H37FNO2/c1-30(2,17-20-3-7-25(29)8-4-20)18-26(31)19-32-27-9-5-24(6-10-27)28-14-21-11-22(15-28)13-23(12-21)16-28/h3-10,21-23,26,31H,11-19H2,1-2H3/q+1/t21?,22?,23?,26-,28?/m0/s1. The minimum absolute atomic E-state index is 0.221. The molecule has 32 heavy (non-hydrogen) atoms. The second-order valence-electron chi connectivity index (χ2n) is 11.6. The molecule has 0 spiro atoms. The number of hydrogen-bond acceptors (Lipinski definition) is 2. The second kappa shape index (κ2) is 8.46. The number of benzene rings is 2. The number of ether oxygens (including phenoxy) is 1. The molecule has 1 N–H and O–H groups in total. The third kappa shape index (κ3) is 4.72. The zero-order valence-electron chi connectivity index (χ0n) is 19.5. The molecule has 0 saturated heterocycles. The molecule has 0 heterocycles. The van der Waals surface area contributed by atoms with Gasteiger partial charge in [0.15, 0.2) is 0 Å². The van der Waals surface area contributed by atoms with Gasteiger partial charge in [-0.1, -0.05) is 24.3 Å². The van der Waals surface area contributed by atoms with Gasteiger partial charge < -0.3 is 14.3 Å². The maximum Gasteiger partial charge on any atom is 0.137 e. The highest BCUT2D eigenvalue weighted by atomic mass is 19.1. The highest BCUT2D eigenvalue weighted by Gasteiger charge is 2.51. The zero-order valence-corrected chi connectivity index (χ0v) is 19.5. The second-order valence-corrected chi connectivity index (χ2v) is 11.6. The summed E-state index contributed by atoms with van der Waals surface area (Å²) in [5, 5.41) is 10.6. The van der Waals surface area contributed by atoms with Crippen molar-refractivity contribution < 1.29 is 18.7 Å². The lowest BCUT2D eigenvalue weighted by atomic mass is 9.48. The SMILES string of the molecule is C[N+](C)(Cc1ccc(F)cc1)C[C@H](O)COc1ccc(C23CC4CC(CC(C4)C2)C3)cc1. The molecular weight excluding hydrogens is 401 g/mol. The molecule has 6 rings (SSSR count). The molecule has 0 unspecified atom stereocenters. The fourth-order valence-electron chi connectivity index (χ4n) is 7.33. The molecule has 1 atom stereocenters. The number of halogens is 1. The monoisotopic (exact) mass is 438 g/mol. The molecule has 172 valence electrons. The topological polar surface area (TPSA) is 29.5 Å². The highest BCUT2D eigenvalue weighted by molar-refractivity contribution is 5.34. The van der Waals surface area contributed by atoms with Crippen molar-refractivity contribution in [2.45, 2.75) is 56.6 Å². The Balaban J connectivity index is 1.14. The quantitative estimate of drug-likeness (QED) is 0.566. The zero-order chi connectivity index (χ0) is 22.3. The molecule has 0 amide bonds. The lowest BCUT2D eigenvalue weighted by molar-refractivity contribution is -0.906. The van der Waals surface area contributed by atoms with Gasteiger partial charge in [0, 0.05) is 5.56 Å². The maximum absolute atomic E-state index is 13.1. The Morgan fingerprint density at radius 2 is 1.50 bits per heavy atom. The third-order valence-corrected chi connectivity index (χ3v) is 8.18. The van der Waals surface area contributed by atoms with Gasteiger partial charge in [-0.25, -0.2) is 4.39 Å². The van der Waals surface area contributed by atoms with Crippen LogP contribution in [-0.2, 0) is 12.0 Å². The van der Waals surface area contributed by atoms with Gasteiger partial charge in [0.05, 0.1) is 14.1 Å². The van der Waals surface area contributed by atoms with E-state index in [1.165, 1.54) is 56.2 Å². The molecule has 3 nitrogen and oxygen atoms in total. The molecule has 4 aliphatic rings. The summed E-state index contributed by atoms with van der Waals surface area (Å²) in [6.45, 7) is 1.58. The molecule has 4 bridgehead atoms. The van der Waals surface area contributed by atoms with Gasteiger partial charge in [-0.05, 0) is 91.5 Å². The van der Waals surface area contributed by atoms with Crippen molar-refractivity contribution in [3.8, 4) is 5.75 Å². The summed E-state index contributed by atoms with van der Waals surface area (Å²) in [7, 11) is 4.15. The van der Waals surface area contributed by atoms with E-state index < -0.39 is 6.10 Å². The van der Waals surface area contributed by atoms with Crippen LogP contribution in [0.1, 0.15) is 49.7 Å². The Morgan fingerprint density at radius 3 is 2.06 bits per heavy atom. The third-order valence-electron chi connectivity index (χ3n) is 8.18. The number of aliphatic hydroxyl groups is 1. The van der Waals surface area contributed by atoms with Crippen molar-refractivity contribution in [3.05, 3.63) is 65.5 Å². The van der Waals surface area contributed by atoms with Gasteiger partial charge in [-0.15, -0.1) is 0 Å². The number of nitrogens with zero attached hydrogens (tertiary/aromatic N) is 1. The minimum Gasteiger partial charge on any atom is -0.491 e. The average Bonchev–Trinajstić information content (AvgIpc) is 2.73. The van der Waals surface area contributed by atoms with Gasteiger partial charge in [-0.3, -0.25) is 0 Å². The highest BCUT2D eigenvalue weighted by Crippen LogP contribution is 2.60. The van der Waals surface area contributed by atoms with Crippen LogP contribution in [0.2, 0.25) is 0 Å². The minimum atomic E-state index is -0.562. The first-order chi connectivity index (χ1) is 15.3.